The van der Waals surface area contributed by atoms with Crippen LogP contribution < -0.4 is 0 Å². The van der Waals surface area contributed by atoms with Gasteiger partial charge in [0.05, 0.1) is 32.3 Å². The predicted molar refractivity (Wildman–Crippen MR) is 62.4 cm³/mol. The Balaban J connectivity index is 2.48. The fourth-order valence-electron chi connectivity index (χ4n) is 1.38. The number of carboxylic acid groups (broad SMARTS) is 1. The molecule has 0 aliphatic heterocycles. The fraction of sp³-hybridized carbons (Fsp3) is 0.800. The summed E-state index contributed by atoms with van der Waals surface area (Å²) in [5, 5.41) is 19.9. The average Bonchev–Trinajstić information content (AvgIpc) is 2.80. The lowest BCUT2D eigenvalue weighted by Crippen LogP contribution is -2.24. The Kier molecular flexibility index (Phi) is 6.93. The molecule has 9 heteroatoms. The van der Waals surface area contributed by atoms with Crippen LogP contribution in [-0.2, 0) is 32.2 Å². The van der Waals surface area contributed by atoms with E-state index in [1.165, 1.54) is 11.8 Å². The molecule has 1 heterocycles. The van der Waals surface area contributed by atoms with Crippen LogP contribution in [0.4, 0.5) is 0 Å². The molecule has 0 saturated heterocycles. The molecule has 1 aromatic rings. The number of carbonyl (C=O) groups is 1. The normalized spacial score (nSPS) is 12.5. The van der Waals surface area contributed by atoms with E-state index in [2.05, 4.69) is 15.5 Å². The molecule has 0 bridgehead atoms. The topological polar surface area (TPSA) is 109 Å². The monoisotopic (exact) mass is 274 g/mol. The van der Waals surface area contributed by atoms with Crippen molar-refractivity contribution in [3.05, 3.63) is 5.82 Å². The number of rotatable bonds is 10. The van der Waals surface area contributed by atoms with Gasteiger partial charge in [-0.3, -0.25) is 4.79 Å². The maximum Gasteiger partial charge on any atom is 0.306 e. The van der Waals surface area contributed by atoms with Crippen molar-refractivity contribution in [1.29, 1.82) is 0 Å². The van der Waals surface area contributed by atoms with Gasteiger partial charge in [0.15, 0.2) is 5.82 Å². The average molecular weight is 274 g/mol. The van der Waals surface area contributed by atoms with Crippen molar-refractivity contribution in [3.8, 4) is 0 Å². The van der Waals surface area contributed by atoms with Crippen molar-refractivity contribution in [1.82, 2.24) is 20.2 Å². The Morgan fingerprint density at radius 3 is 2.84 bits per heavy atom. The summed E-state index contributed by atoms with van der Waals surface area (Å²) in [4.78, 5) is 10.6. The first-order valence-electron chi connectivity index (χ1n) is 5.73. The zero-order valence-corrected chi connectivity index (χ0v) is 11.0. The Labute approximate surface area is 110 Å². The van der Waals surface area contributed by atoms with Gasteiger partial charge < -0.3 is 19.3 Å². The van der Waals surface area contributed by atoms with Crippen molar-refractivity contribution >= 4 is 5.97 Å². The number of hydrogen-bond acceptors (Lipinski definition) is 7. The molecule has 0 amide bonds. The molecule has 0 aliphatic carbocycles. The summed E-state index contributed by atoms with van der Waals surface area (Å²) in [5.41, 5.74) is 0. The maximum absolute atomic E-state index is 10.6. The number of nitrogens with zero attached hydrogens (tertiary/aromatic N) is 4. The van der Waals surface area contributed by atoms with Crippen molar-refractivity contribution < 1.29 is 24.1 Å². The van der Waals surface area contributed by atoms with E-state index in [1.807, 2.05) is 0 Å². The molecule has 9 nitrogen and oxygen atoms in total. The minimum absolute atomic E-state index is 0.111. The third-order valence-electron chi connectivity index (χ3n) is 2.38. The van der Waals surface area contributed by atoms with Crippen molar-refractivity contribution in [2.45, 2.75) is 25.7 Å². The number of ether oxygens (including phenoxy) is 3. The SMILES string of the molecule is COCCOCc1nnnn1CC(CC(=O)O)OC. The van der Waals surface area contributed by atoms with Gasteiger partial charge in [-0.2, -0.15) is 0 Å². The highest BCUT2D eigenvalue weighted by Gasteiger charge is 2.16. The Morgan fingerprint density at radius 1 is 1.42 bits per heavy atom. The lowest BCUT2D eigenvalue weighted by atomic mass is 10.2. The van der Waals surface area contributed by atoms with E-state index in [0.717, 1.165) is 0 Å². The number of aliphatic carboxylic acids is 1. The second-order valence-corrected chi connectivity index (χ2v) is 3.78. The van der Waals surface area contributed by atoms with Crippen LogP contribution in [0.3, 0.4) is 0 Å². The number of methoxy groups -OCH3 is 2. The second-order valence-electron chi connectivity index (χ2n) is 3.78. The molecule has 1 unspecified atom stereocenters. The van der Waals surface area contributed by atoms with E-state index in [-0.39, 0.29) is 19.6 Å². The molecule has 0 saturated carbocycles. The Hall–Kier alpha value is -1.58. The van der Waals surface area contributed by atoms with Crippen LogP contribution in [0.5, 0.6) is 0 Å². The molecule has 1 N–H and O–H groups in total. The minimum Gasteiger partial charge on any atom is -0.481 e. The first kappa shape index (κ1) is 15.5. The second kappa shape index (κ2) is 8.51. The van der Waals surface area contributed by atoms with E-state index in [4.69, 9.17) is 19.3 Å². The summed E-state index contributed by atoms with van der Waals surface area (Å²) in [6, 6.07) is 0. The van der Waals surface area contributed by atoms with E-state index >= 15 is 0 Å². The largest absolute Gasteiger partial charge is 0.481 e. The zero-order valence-electron chi connectivity index (χ0n) is 11.0. The molecule has 1 rings (SSSR count). The molecule has 0 spiro atoms. The van der Waals surface area contributed by atoms with E-state index in [0.29, 0.717) is 19.0 Å². The van der Waals surface area contributed by atoms with E-state index in [1.54, 1.807) is 7.11 Å². The zero-order chi connectivity index (χ0) is 14.1. The summed E-state index contributed by atoms with van der Waals surface area (Å²) >= 11 is 0. The molecule has 0 aliphatic rings. The highest BCUT2D eigenvalue weighted by atomic mass is 16.5. The van der Waals surface area contributed by atoms with E-state index < -0.39 is 12.1 Å². The molecule has 108 valence electrons. The highest BCUT2D eigenvalue weighted by molar-refractivity contribution is 5.67. The molecular weight excluding hydrogens is 256 g/mol. The van der Waals surface area contributed by atoms with Gasteiger partial charge in [-0.05, 0) is 10.4 Å². The van der Waals surface area contributed by atoms with Gasteiger partial charge in [-0.15, -0.1) is 5.10 Å². The van der Waals surface area contributed by atoms with Gasteiger partial charge in [-0.1, -0.05) is 0 Å². The number of carboxylic acids is 1. The van der Waals surface area contributed by atoms with Crippen LogP contribution in [0, 0.1) is 0 Å². The molecular formula is C10H18N4O5. The number of tetrazole rings is 1. The van der Waals surface area contributed by atoms with Crippen LogP contribution in [0.2, 0.25) is 0 Å². The smallest absolute Gasteiger partial charge is 0.306 e. The third kappa shape index (κ3) is 5.73. The van der Waals surface area contributed by atoms with Gasteiger partial charge in [-0.25, -0.2) is 4.68 Å². The fourth-order valence-corrected chi connectivity index (χ4v) is 1.38. The first-order chi connectivity index (χ1) is 9.17. The van der Waals surface area contributed by atoms with Crippen LogP contribution in [-0.4, -0.2) is 64.8 Å². The summed E-state index contributed by atoms with van der Waals surface area (Å²) in [6.07, 6.45) is -0.598. The maximum atomic E-state index is 10.6. The highest BCUT2D eigenvalue weighted by Crippen LogP contribution is 2.03. The van der Waals surface area contributed by atoms with Gasteiger partial charge in [0.2, 0.25) is 0 Å². The number of aromatic nitrogens is 4. The van der Waals surface area contributed by atoms with Gasteiger partial charge in [0, 0.05) is 14.2 Å². The lowest BCUT2D eigenvalue weighted by molar-refractivity contribution is -0.140. The van der Waals surface area contributed by atoms with Crippen LogP contribution in [0.25, 0.3) is 0 Å². The molecule has 1 aromatic heterocycles. The molecule has 19 heavy (non-hydrogen) atoms. The molecule has 0 aromatic carbocycles. The minimum atomic E-state index is -0.933. The standard InChI is InChI=1S/C10H18N4O5/c1-17-3-4-19-7-9-11-12-13-14(9)6-8(18-2)5-10(15)16/h8H,3-7H2,1-2H3,(H,15,16). The van der Waals surface area contributed by atoms with Crippen molar-refractivity contribution in [3.63, 3.8) is 0 Å². The molecule has 0 fully saturated rings. The van der Waals surface area contributed by atoms with Gasteiger partial charge in [0.1, 0.15) is 6.61 Å². The van der Waals surface area contributed by atoms with Crippen LogP contribution in [0.1, 0.15) is 12.2 Å². The summed E-state index contributed by atoms with van der Waals surface area (Å²) in [5.74, 6) is -0.415. The summed E-state index contributed by atoms with van der Waals surface area (Å²) < 4.78 is 16.7. The Bertz CT molecular complexity index is 384. The van der Waals surface area contributed by atoms with Crippen molar-refractivity contribution in [2.24, 2.45) is 0 Å². The van der Waals surface area contributed by atoms with Crippen molar-refractivity contribution in [2.75, 3.05) is 27.4 Å². The van der Waals surface area contributed by atoms with Crippen LogP contribution >= 0.6 is 0 Å². The Morgan fingerprint density at radius 2 is 2.21 bits per heavy atom. The van der Waals surface area contributed by atoms with E-state index in [9.17, 15) is 4.79 Å². The number of hydrogen-bond donors (Lipinski definition) is 1. The third-order valence-corrected chi connectivity index (χ3v) is 2.38. The quantitative estimate of drug-likeness (QED) is 0.559. The summed E-state index contributed by atoms with van der Waals surface area (Å²) in [7, 11) is 3.04. The lowest BCUT2D eigenvalue weighted by Gasteiger charge is -2.13. The summed E-state index contributed by atoms with van der Waals surface area (Å²) in [6.45, 7) is 1.42. The van der Waals surface area contributed by atoms with Gasteiger partial charge in [0.25, 0.3) is 0 Å². The molecule has 1 atom stereocenters. The van der Waals surface area contributed by atoms with Crippen LogP contribution in [0.15, 0.2) is 0 Å². The predicted octanol–water partition coefficient (Wildman–Crippen LogP) is -0.674. The molecule has 0 radical (unpaired) electrons. The van der Waals surface area contributed by atoms with Gasteiger partial charge >= 0.3 is 5.97 Å². The first-order valence-corrected chi connectivity index (χ1v) is 5.73.